The van der Waals surface area contributed by atoms with Gasteiger partial charge in [0.1, 0.15) is 6.07 Å². The quantitative estimate of drug-likeness (QED) is 0.520. The van der Waals surface area contributed by atoms with Crippen molar-refractivity contribution in [2.45, 2.75) is 19.8 Å². The first kappa shape index (κ1) is 9.47. The van der Waals surface area contributed by atoms with E-state index >= 15 is 0 Å². The van der Waals surface area contributed by atoms with Gasteiger partial charge < -0.3 is 0 Å². The number of aryl methyl sites for hydroxylation is 1. The Morgan fingerprint density at radius 3 is 2.46 bits per heavy atom. The van der Waals surface area contributed by atoms with Crippen LogP contribution in [0.25, 0.3) is 0 Å². The number of hydrogen-bond acceptors (Lipinski definition) is 2. The maximum atomic E-state index is 10.9. The van der Waals surface area contributed by atoms with Gasteiger partial charge in [0, 0.05) is 5.56 Å². The van der Waals surface area contributed by atoms with Crippen LogP contribution in [0.2, 0.25) is 0 Å². The molecule has 0 aromatic heterocycles. The van der Waals surface area contributed by atoms with Crippen molar-refractivity contribution in [3.05, 3.63) is 35.4 Å². The molecule has 0 unspecified atom stereocenters. The van der Waals surface area contributed by atoms with Gasteiger partial charge in [0.2, 0.25) is 0 Å². The largest absolute Gasteiger partial charge is 0.277 e. The molecule has 1 rings (SSSR count). The first-order valence-electron chi connectivity index (χ1n) is 4.31. The molecule has 0 aliphatic rings. The number of carbonyl (C=O) groups excluding carboxylic acids is 1. The molecule has 0 saturated carbocycles. The van der Waals surface area contributed by atoms with Crippen molar-refractivity contribution in [2.24, 2.45) is 0 Å². The van der Waals surface area contributed by atoms with Crippen LogP contribution in [0.5, 0.6) is 0 Å². The highest BCUT2D eigenvalue weighted by atomic mass is 16.1. The molecule has 13 heavy (non-hydrogen) atoms. The fourth-order valence-corrected chi connectivity index (χ4v) is 1.18. The molecule has 2 nitrogen and oxygen atoms in total. The predicted octanol–water partition coefficient (Wildman–Crippen LogP) is 2.35. The standard InChI is InChI=1S/C11H11NO/c1-2-3-9-4-6-10(7-5-9)11(13)8-12/h4-7H,2-3H2,1H3. The first-order valence-corrected chi connectivity index (χ1v) is 4.31. The van der Waals surface area contributed by atoms with Gasteiger partial charge in [-0.25, -0.2) is 0 Å². The molecule has 0 atom stereocenters. The third-order valence-electron chi connectivity index (χ3n) is 1.86. The number of rotatable bonds is 3. The lowest BCUT2D eigenvalue weighted by Gasteiger charge is -1.98. The lowest BCUT2D eigenvalue weighted by atomic mass is 10.1. The maximum absolute atomic E-state index is 10.9. The van der Waals surface area contributed by atoms with Crippen molar-refractivity contribution in [3.8, 4) is 6.07 Å². The average Bonchev–Trinajstić information content (AvgIpc) is 2.18. The van der Waals surface area contributed by atoms with Crippen LogP contribution in [0, 0.1) is 11.3 Å². The predicted molar refractivity (Wildman–Crippen MR) is 50.4 cm³/mol. The van der Waals surface area contributed by atoms with Gasteiger partial charge in [-0.1, -0.05) is 37.6 Å². The van der Waals surface area contributed by atoms with Gasteiger partial charge >= 0.3 is 0 Å². The number of Topliss-reactive ketones (excluding diaryl/α,β-unsaturated/α-hetero) is 1. The van der Waals surface area contributed by atoms with Crippen LogP contribution in [-0.2, 0) is 6.42 Å². The Labute approximate surface area is 77.8 Å². The fraction of sp³-hybridized carbons (Fsp3) is 0.273. The summed E-state index contributed by atoms with van der Waals surface area (Å²) in [5.41, 5.74) is 1.68. The summed E-state index contributed by atoms with van der Waals surface area (Å²) in [4.78, 5) is 10.9. The second-order valence-electron chi connectivity index (χ2n) is 2.89. The van der Waals surface area contributed by atoms with Crippen LogP contribution in [-0.4, -0.2) is 5.78 Å². The molecule has 0 aliphatic carbocycles. The van der Waals surface area contributed by atoms with Gasteiger partial charge in [-0.2, -0.15) is 5.26 Å². The number of hydrogen-bond donors (Lipinski definition) is 0. The summed E-state index contributed by atoms with van der Waals surface area (Å²) < 4.78 is 0. The summed E-state index contributed by atoms with van der Waals surface area (Å²) in [6.45, 7) is 2.11. The second kappa shape index (κ2) is 4.42. The molecule has 0 amide bonds. The Morgan fingerprint density at radius 1 is 1.38 bits per heavy atom. The van der Waals surface area contributed by atoms with Gasteiger partial charge in [-0.15, -0.1) is 0 Å². The van der Waals surface area contributed by atoms with Crippen molar-refractivity contribution < 1.29 is 4.79 Å². The molecular weight excluding hydrogens is 162 g/mol. The van der Waals surface area contributed by atoms with Gasteiger partial charge in [0.05, 0.1) is 0 Å². The molecule has 66 valence electrons. The summed E-state index contributed by atoms with van der Waals surface area (Å²) in [5.74, 6) is -0.469. The van der Waals surface area contributed by atoms with Crippen molar-refractivity contribution in [2.75, 3.05) is 0 Å². The molecule has 0 spiro atoms. The van der Waals surface area contributed by atoms with Crippen LogP contribution in [0.4, 0.5) is 0 Å². The highest BCUT2D eigenvalue weighted by molar-refractivity contribution is 6.07. The summed E-state index contributed by atoms with van der Waals surface area (Å²) in [5, 5.41) is 8.36. The molecule has 1 aromatic rings. The number of carbonyl (C=O) groups is 1. The topological polar surface area (TPSA) is 40.9 Å². The van der Waals surface area contributed by atoms with E-state index in [1.165, 1.54) is 5.56 Å². The molecule has 0 radical (unpaired) electrons. The maximum Gasteiger partial charge on any atom is 0.262 e. The smallest absolute Gasteiger partial charge is 0.262 e. The van der Waals surface area contributed by atoms with Crippen LogP contribution in [0.15, 0.2) is 24.3 Å². The molecule has 1 aromatic carbocycles. The third-order valence-corrected chi connectivity index (χ3v) is 1.86. The molecule has 2 heteroatoms. The fourth-order valence-electron chi connectivity index (χ4n) is 1.18. The number of nitriles is 1. The van der Waals surface area contributed by atoms with E-state index in [1.807, 2.05) is 12.1 Å². The van der Waals surface area contributed by atoms with E-state index < -0.39 is 5.78 Å². The summed E-state index contributed by atoms with van der Waals surface area (Å²) in [6, 6.07) is 8.80. The molecule has 0 heterocycles. The highest BCUT2D eigenvalue weighted by Crippen LogP contribution is 2.06. The van der Waals surface area contributed by atoms with E-state index in [-0.39, 0.29) is 0 Å². The minimum absolute atomic E-state index is 0.469. The Hall–Kier alpha value is -1.62. The van der Waals surface area contributed by atoms with Crippen molar-refractivity contribution in [1.82, 2.24) is 0 Å². The van der Waals surface area contributed by atoms with E-state index in [2.05, 4.69) is 6.92 Å². The Kier molecular flexibility index (Phi) is 3.22. The summed E-state index contributed by atoms with van der Waals surface area (Å²) in [6.07, 6.45) is 2.10. The molecule has 0 bridgehead atoms. The third kappa shape index (κ3) is 2.41. The van der Waals surface area contributed by atoms with Crippen LogP contribution in [0.1, 0.15) is 29.3 Å². The Balaban J connectivity index is 2.82. The molecule has 0 aliphatic heterocycles. The normalized spacial score (nSPS) is 9.23. The number of ketones is 1. The zero-order chi connectivity index (χ0) is 9.68. The van der Waals surface area contributed by atoms with Gasteiger partial charge in [0.25, 0.3) is 5.78 Å². The van der Waals surface area contributed by atoms with Crippen molar-refractivity contribution >= 4 is 5.78 Å². The van der Waals surface area contributed by atoms with Crippen molar-refractivity contribution in [3.63, 3.8) is 0 Å². The SMILES string of the molecule is CCCc1ccc(C(=O)C#N)cc1. The second-order valence-corrected chi connectivity index (χ2v) is 2.89. The van der Waals surface area contributed by atoms with Gasteiger partial charge in [-0.3, -0.25) is 4.79 Å². The van der Waals surface area contributed by atoms with Crippen LogP contribution >= 0.6 is 0 Å². The monoisotopic (exact) mass is 173 g/mol. The minimum atomic E-state index is -0.469. The average molecular weight is 173 g/mol. The van der Waals surface area contributed by atoms with Gasteiger partial charge in [0.15, 0.2) is 0 Å². The number of nitrogens with zero attached hydrogens (tertiary/aromatic N) is 1. The van der Waals surface area contributed by atoms with E-state index in [0.717, 1.165) is 12.8 Å². The highest BCUT2D eigenvalue weighted by Gasteiger charge is 2.02. The zero-order valence-corrected chi connectivity index (χ0v) is 7.58. The van der Waals surface area contributed by atoms with Crippen LogP contribution < -0.4 is 0 Å². The molecule has 0 N–H and O–H groups in total. The summed E-state index contributed by atoms with van der Waals surface area (Å²) in [7, 11) is 0. The van der Waals surface area contributed by atoms with E-state index in [4.69, 9.17) is 5.26 Å². The lowest BCUT2D eigenvalue weighted by Crippen LogP contribution is -1.94. The Bertz CT molecular complexity index is 332. The Morgan fingerprint density at radius 2 is 2.00 bits per heavy atom. The molecular formula is C11H11NO. The number of benzene rings is 1. The van der Waals surface area contributed by atoms with E-state index in [0.29, 0.717) is 5.56 Å². The van der Waals surface area contributed by atoms with Gasteiger partial charge in [-0.05, 0) is 12.0 Å². The minimum Gasteiger partial charge on any atom is -0.277 e. The lowest BCUT2D eigenvalue weighted by molar-refractivity contribution is 0.105. The van der Waals surface area contributed by atoms with Crippen LogP contribution in [0.3, 0.4) is 0 Å². The molecule has 0 saturated heterocycles. The first-order chi connectivity index (χ1) is 6.27. The van der Waals surface area contributed by atoms with Crippen molar-refractivity contribution in [1.29, 1.82) is 5.26 Å². The van der Waals surface area contributed by atoms with E-state index in [9.17, 15) is 4.79 Å². The van der Waals surface area contributed by atoms with E-state index in [1.54, 1.807) is 18.2 Å². The summed E-state index contributed by atoms with van der Waals surface area (Å²) >= 11 is 0. The zero-order valence-electron chi connectivity index (χ0n) is 7.58. The molecule has 0 fully saturated rings.